The van der Waals surface area contributed by atoms with Gasteiger partial charge in [0.15, 0.2) is 5.78 Å². The van der Waals surface area contributed by atoms with E-state index >= 15 is 0 Å². The fourth-order valence-corrected chi connectivity index (χ4v) is 3.21. The molecule has 7 heteroatoms. The predicted molar refractivity (Wildman–Crippen MR) is 91.5 cm³/mol. The highest BCUT2D eigenvalue weighted by Crippen LogP contribution is 2.43. The highest BCUT2D eigenvalue weighted by atomic mass is 35.5. The van der Waals surface area contributed by atoms with Gasteiger partial charge in [-0.25, -0.2) is 4.79 Å². The highest BCUT2D eigenvalue weighted by Gasteiger charge is 2.38. The summed E-state index contributed by atoms with van der Waals surface area (Å²) in [6.45, 7) is 4.84. The van der Waals surface area contributed by atoms with E-state index in [2.05, 4.69) is 0 Å². The van der Waals surface area contributed by atoms with E-state index in [9.17, 15) is 9.59 Å². The molecule has 0 aromatic heterocycles. The topological polar surface area (TPSA) is 78.6 Å². The molecule has 0 spiro atoms. The van der Waals surface area contributed by atoms with Gasteiger partial charge in [-0.3, -0.25) is 4.79 Å². The summed E-state index contributed by atoms with van der Waals surface area (Å²) < 4.78 is 10.5. The van der Waals surface area contributed by atoms with Crippen LogP contribution >= 0.6 is 23.2 Å². The molecule has 1 aromatic carbocycles. The number of hydrogen-bond donors (Lipinski definition) is 1. The van der Waals surface area contributed by atoms with Gasteiger partial charge in [0.2, 0.25) is 5.88 Å². The van der Waals surface area contributed by atoms with Crippen LogP contribution < -0.4 is 5.73 Å². The van der Waals surface area contributed by atoms with Crippen molar-refractivity contribution >= 4 is 35.0 Å². The molecule has 0 aliphatic carbocycles. The van der Waals surface area contributed by atoms with Gasteiger partial charge in [-0.1, -0.05) is 29.3 Å². The normalized spacial score (nSPS) is 17.6. The zero-order chi connectivity index (χ0) is 18.0. The number of Topliss-reactive ketones (excluding diaryl/α,β-unsaturated/α-hetero) is 1. The molecular weight excluding hydrogens is 353 g/mol. The van der Waals surface area contributed by atoms with E-state index in [0.717, 1.165) is 0 Å². The fourth-order valence-electron chi connectivity index (χ4n) is 2.69. The Kier molecular flexibility index (Phi) is 5.57. The minimum absolute atomic E-state index is 0.0527. The molecule has 0 saturated heterocycles. The molecule has 0 bridgehead atoms. The van der Waals surface area contributed by atoms with Gasteiger partial charge in [0.05, 0.1) is 12.5 Å². The molecule has 1 heterocycles. The zero-order valence-corrected chi connectivity index (χ0v) is 15.0. The van der Waals surface area contributed by atoms with Crippen LogP contribution in [-0.2, 0) is 19.1 Å². The number of allylic oxidation sites excluding steroid dienone is 2. The minimum Gasteiger partial charge on any atom is -0.462 e. The van der Waals surface area contributed by atoms with Gasteiger partial charge < -0.3 is 15.2 Å². The average Bonchev–Trinajstić information content (AvgIpc) is 2.46. The molecule has 0 fully saturated rings. The summed E-state index contributed by atoms with van der Waals surface area (Å²) in [7, 11) is 0. The molecule has 0 radical (unpaired) electrons. The molecule has 5 nitrogen and oxygen atoms in total. The predicted octanol–water partition coefficient (Wildman–Crippen LogP) is 3.70. The van der Waals surface area contributed by atoms with E-state index in [0.29, 0.717) is 26.9 Å². The van der Waals surface area contributed by atoms with Crippen molar-refractivity contribution in [2.75, 3.05) is 6.61 Å². The van der Waals surface area contributed by atoms with Crippen LogP contribution in [0.25, 0.3) is 0 Å². The first-order chi connectivity index (χ1) is 11.3. The van der Waals surface area contributed by atoms with Crippen LogP contribution in [-0.4, -0.2) is 18.4 Å². The van der Waals surface area contributed by atoms with Crippen molar-refractivity contribution in [3.05, 3.63) is 56.6 Å². The number of benzene rings is 1. The third-order valence-corrected chi connectivity index (χ3v) is 4.20. The molecule has 2 rings (SSSR count). The van der Waals surface area contributed by atoms with Crippen molar-refractivity contribution < 1.29 is 19.1 Å². The Morgan fingerprint density at radius 1 is 1.29 bits per heavy atom. The van der Waals surface area contributed by atoms with Crippen LogP contribution in [0.1, 0.15) is 32.3 Å². The van der Waals surface area contributed by atoms with Crippen molar-refractivity contribution in [1.82, 2.24) is 0 Å². The maximum absolute atomic E-state index is 12.4. The molecular formula is C17H17Cl2NO4. The zero-order valence-electron chi connectivity index (χ0n) is 13.5. The van der Waals surface area contributed by atoms with E-state index in [1.54, 1.807) is 32.0 Å². The highest BCUT2D eigenvalue weighted by molar-refractivity contribution is 6.35. The monoisotopic (exact) mass is 369 g/mol. The first-order valence-electron chi connectivity index (χ1n) is 7.29. The van der Waals surface area contributed by atoms with E-state index in [1.807, 2.05) is 0 Å². The average molecular weight is 370 g/mol. The van der Waals surface area contributed by atoms with Crippen LogP contribution in [0.4, 0.5) is 0 Å². The van der Waals surface area contributed by atoms with E-state index in [-0.39, 0.29) is 23.8 Å². The lowest BCUT2D eigenvalue weighted by Gasteiger charge is -2.29. The van der Waals surface area contributed by atoms with Gasteiger partial charge in [-0.05, 0) is 38.5 Å². The Balaban J connectivity index is 2.70. The SMILES string of the molecule is CCOC(=O)C1=C(N)OC(C)=C(C(C)=O)[C@H]1c1ccc(Cl)cc1Cl. The summed E-state index contributed by atoms with van der Waals surface area (Å²) in [5.74, 6) is -1.47. The Bertz CT molecular complexity index is 768. The van der Waals surface area contributed by atoms with Crippen LogP contribution in [0, 0.1) is 0 Å². The number of esters is 1. The molecule has 1 aliphatic heterocycles. The van der Waals surface area contributed by atoms with Gasteiger partial charge in [0.1, 0.15) is 11.3 Å². The lowest BCUT2D eigenvalue weighted by atomic mass is 9.81. The molecule has 0 unspecified atom stereocenters. The van der Waals surface area contributed by atoms with E-state index < -0.39 is 11.9 Å². The Hall–Kier alpha value is -1.98. The molecule has 1 atom stereocenters. The lowest BCUT2D eigenvalue weighted by molar-refractivity contribution is -0.139. The molecule has 128 valence electrons. The Morgan fingerprint density at radius 2 is 1.96 bits per heavy atom. The van der Waals surface area contributed by atoms with Crippen LogP contribution in [0.15, 0.2) is 41.0 Å². The lowest BCUT2D eigenvalue weighted by Crippen LogP contribution is -2.29. The minimum atomic E-state index is -0.778. The van der Waals surface area contributed by atoms with Gasteiger partial charge >= 0.3 is 5.97 Å². The van der Waals surface area contributed by atoms with Crippen LogP contribution in [0.3, 0.4) is 0 Å². The number of carbonyl (C=O) groups excluding carboxylic acids is 2. The number of hydrogen-bond acceptors (Lipinski definition) is 5. The van der Waals surface area contributed by atoms with Gasteiger partial charge in [0.25, 0.3) is 0 Å². The molecule has 1 aromatic rings. The van der Waals surface area contributed by atoms with Gasteiger partial charge in [-0.15, -0.1) is 0 Å². The summed E-state index contributed by atoms with van der Waals surface area (Å²) in [4.78, 5) is 24.6. The second-order valence-corrected chi connectivity index (χ2v) is 6.07. The molecule has 2 N–H and O–H groups in total. The molecule has 0 amide bonds. The van der Waals surface area contributed by atoms with Crippen molar-refractivity contribution in [3.8, 4) is 0 Å². The van der Waals surface area contributed by atoms with Gasteiger partial charge in [-0.2, -0.15) is 0 Å². The third kappa shape index (κ3) is 3.42. The maximum Gasteiger partial charge on any atom is 0.340 e. The summed E-state index contributed by atoms with van der Waals surface area (Å²) in [5, 5.41) is 0.756. The second-order valence-electron chi connectivity index (χ2n) is 5.23. The van der Waals surface area contributed by atoms with Crippen LogP contribution in [0.2, 0.25) is 10.0 Å². The number of ether oxygens (including phenoxy) is 2. The third-order valence-electron chi connectivity index (χ3n) is 3.63. The summed E-state index contributed by atoms with van der Waals surface area (Å²) >= 11 is 12.2. The number of nitrogens with two attached hydrogens (primary N) is 1. The Morgan fingerprint density at radius 3 is 2.50 bits per heavy atom. The first kappa shape index (κ1) is 18.4. The van der Waals surface area contributed by atoms with Crippen molar-refractivity contribution in [2.24, 2.45) is 5.73 Å². The van der Waals surface area contributed by atoms with Crippen molar-refractivity contribution in [2.45, 2.75) is 26.7 Å². The first-order valence-corrected chi connectivity index (χ1v) is 8.04. The van der Waals surface area contributed by atoms with Crippen molar-refractivity contribution in [1.29, 1.82) is 0 Å². The molecule has 0 saturated carbocycles. The smallest absolute Gasteiger partial charge is 0.340 e. The summed E-state index contributed by atoms with van der Waals surface area (Å²) in [6, 6.07) is 4.83. The summed E-state index contributed by atoms with van der Waals surface area (Å²) in [6.07, 6.45) is 0. The Labute approximate surface area is 150 Å². The number of rotatable bonds is 4. The number of ketones is 1. The quantitative estimate of drug-likeness (QED) is 0.818. The number of carbonyl (C=O) groups is 2. The van der Waals surface area contributed by atoms with E-state index in [4.69, 9.17) is 38.4 Å². The summed E-state index contributed by atoms with van der Waals surface area (Å²) in [5.41, 5.74) is 6.80. The largest absolute Gasteiger partial charge is 0.462 e. The second kappa shape index (κ2) is 7.28. The van der Waals surface area contributed by atoms with Crippen molar-refractivity contribution in [3.63, 3.8) is 0 Å². The van der Waals surface area contributed by atoms with Crippen LogP contribution in [0.5, 0.6) is 0 Å². The molecule has 1 aliphatic rings. The fraction of sp³-hybridized carbons (Fsp3) is 0.294. The van der Waals surface area contributed by atoms with Gasteiger partial charge in [0, 0.05) is 15.6 Å². The maximum atomic E-state index is 12.4. The molecule has 24 heavy (non-hydrogen) atoms. The van der Waals surface area contributed by atoms with E-state index in [1.165, 1.54) is 6.92 Å². The number of halogens is 2. The standard InChI is InChI=1S/C17H17Cl2NO4/c1-4-23-17(22)15-14(11-6-5-10(18)7-12(11)19)13(8(2)21)9(3)24-16(15)20/h5-7,14H,4,20H2,1-3H3/t14-/m1/s1.